The Balaban J connectivity index is 2.86. The van der Waals surface area contributed by atoms with Crippen molar-refractivity contribution in [1.82, 2.24) is 4.90 Å². The molecule has 0 spiro atoms. The van der Waals surface area contributed by atoms with Gasteiger partial charge in [0.05, 0.1) is 5.92 Å². The van der Waals surface area contributed by atoms with E-state index in [9.17, 15) is 9.59 Å². The second-order valence-corrected chi connectivity index (χ2v) is 3.55. The van der Waals surface area contributed by atoms with Crippen LogP contribution in [0.2, 0.25) is 0 Å². The second-order valence-electron chi connectivity index (χ2n) is 3.16. The van der Waals surface area contributed by atoms with Crippen LogP contribution in [0, 0.1) is 11.8 Å². The summed E-state index contributed by atoms with van der Waals surface area (Å²) in [5, 5.41) is 28.3. The molecule has 0 aromatic carbocycles. The number of carbonyl (C=O) groups is 2. The van der Waals surface area contributed by atoms with Crippen LogP contribution in [0.15, 0.2) is 5.16 Å². The Morgan fingerprint density at radius 2 is 1.80 bits per heavy atom. The quantitative estimate of drug-likeness (QED) is 0.363. The summed E-state index contributed by atoms with van der Waals surface area (Å²) >= 11 is 5.50. The van der Waals surface area contributed by atoms with E-state index >= 15 is 0 Å². The van der Waals surface area contributed by atoms with Crippen molar-refractivity contribution in [2.24, 2.45) is 17.0 Å². The van der Waals surface area contributed by atoms with E-state index < -0.39 is 23.9 Å². The van der Waals surface area contributed by atoms with Gasteiger partial charge >= 0.3 is 12.1 Å². The maximum atomic E-state index is 10.8. The van der Waals surface area contributed by atoms with Crippen molar-refractivity contribution in [3.05, 3.63) is 0 Å². The van der Waals surface area contributed by atoms with E-state index in [0.29, 0.717) is 0 Å². The Labute approximate surface area is 89.5 Å². The standard InChI is InChI=1S/C7H9ClN2O5/c8-5(9-15)3-1-10(7(13)14)2-4(3)6(11)12/h3-4,15H,1-2H2,(H,11,12)(H,13,14)/b9-5+/t3-,4-/m0/s1. The highest BCUT2D eigenvalue weighted by Gasteiger charge is 2.42. The van der Waals surface area contributed by atoms with Crippen LogP contribution in [0.25, 0.3) is 0 Å². The predicted octanol–water partition coefficient (Wildman–Crippen LogP) is 0.324. The van der Waals surface area contributed by atoms with Crippen LogP contribution in [-0.2, 0) is 4.79 Å². The lowest BCUT2D eigenvalue weighted by Gasteiger charge is -2.10. The summed E-state index contributed by atoms with van der Waals surface area (Å²) in [4.78, 5) is 22.3. The van der Waals surface area contributed by atoms with E-state index in [2.05, 4.69) is 5.16 Å². The van der Waals surface area contributed by atoms with Crippen LogP contribution in [0.1, 0.15) is 0 Å². The van der Waals surface area contributed by atoms with Crippen molar-refractivity contribution in [1.29, 1.82) is 0 Å². The number of nitrogens with zero attached hydrogens (tertiary/aromatic N) is 2. The number of rotatable bonds is 2. The van der Waals surface area contributed by atoms with E-state index in [-0.39, 0.29) is 18.3 Å². The first-order valence-electron chi connectivity index (χ1n) is 4.05. The first kappa shape index (κ1) is 11.6. The third-order valence-electron chi connectivity index (χ3n) is 2.31. The van der Waals surface area contributed by atoms with E-state index in [1.54, 1.807) is 0 Å². The largest absolute Gasteiger partial charge is 0.481 e. The fraction of sp³-hybridized carbons (Fsp3) is 0.571. The topological polar surface area (TPSA) is 110 Å². The summed E-state index contributed by atoms with van der Waals surface area (Å²) in [6, 6.07) is 0. The average molecular weight is 237 g/mol. The molecule has 0 unspecified atom stereocenters. The van der Waals surface area contributed by atoms with Crippen LogP contribution in [0.3, 0.4) is 0 Å². The normalized spacial score (nSPS) is 26.7. The zero-order valence-corrected chi connectivity index (χ0v) is 8.26. The van der Waals surface area contributed by atoms with Crippen LogP contribution >= 0.6 is 11.6 Å². The average Bonchev–Trinajstić information content (AvgIpc) is 2.61. The SMILES string of the molecule is O=C(O)[C@H]1CN(C(=O)O)C[C@@H]1/C(Cl)=N\O. The maximum Gasteiger partial charge on any atom is 0.407 e. The van der Waals surface area contributed by atoms with Gasteiger partial charge in [-0.2, -0.15) is 0 Å². The lowest BCUT2D eigenvalue weighted by molar-refractivity contribution is -0.141. The molecule has 1 aliphatic rings. The van der Waals surface area contributed by atoms with Crippen LogP contribution in [0.5, 0.6) is 0 Å². The number of amides is 1. The lowest BCUT2D eigenvalue weighted by Crippen LogP contribution is -2.28. The Kier molecular flexibility index (Phi) is 3.35. The fourth-order valence-electron chi connectivity index (χ4n) is 1.53. The molecule has 0 saturated carbocycles. The maximum absolute atomic E-state index is 10.8. The summed E-state index contributed by atoms with van der Waals surface area (Å²) in [7, 11) is 0. The molecule has 8 heteroatoms. The smallest absolute Gasteiger partial charge is 0.407 e. The zero-order chi connectivity index (χ0) is 11.6. The number of halogens is 1. The highest BCUT2D eigenvalue weighted by Crippen LogP contribution is 2.26. The van der Waals surface area contributed by atoms with Gasteiger partial charge in [-0.25, -0.2) is 4.79 Å². The van der Waals surface area contributed by atoms with Gasteiger partial charge in [0.1, 0.15) is 0 Å². The number of carboxylic acids is 1. The molecule has 0 aromatic heterocycles. The molecule has 0 aromatic rings. The summed E-state index contributed by atoms with van der Waals surface area (Å²) in [6.07, 6.45) is -1.22. The van der Waals surface area contributed by atoms with Crippen molar-refractivity contribution in [3.63, 3.8) is 0 Å². The van der Waals surface area contributed by atoms with Gasteiger partial charge in [-0.05, 0) is 0 Å². The first-order valence-corrected chi connectivity index (χ1v) is 4.43. The molecule has 3 N–H and O–H groups in total. The molecule has 15 heavy (non-hydrogen) atoms. The van der Waals surface area contributed by atoms with Gasteiger partial charge in [0.25, 0.3) is 0 Å². The van der Waals surface area contributed by atoms with Gasteiger partial charge in [0.15, 0.2) is 5.17 Å². The summed E-state index contributed by atoms with van der Waals surface area (Å²) in [6.45, 7) is -0.226. The summed E-state index contributed by atoms with van der Waals surface area (Å²) in [5.74, 6) is -2.92. The van der Waals surface area contributed by atoms with Crippen molar-refractivity contribution >= 4 is 28.8 Å². The molecular formula is C7H9ClN2O5. The van der Waals surface area contributed by atoms with Crippen molar-refractivity contribution in [2.45, 2.75) is 0 Å². The van der Waals surface area contributed by atoms with Crippen molar-refractivity contribution < 1.29 is 25.0 Å². The molecule has 1 fully saturated rings. The number of carboxylic acid groups (broad SMARTS) is 2. The van der Waals surface area contributed by atoms with Gasteiger partial charge in [-0.3, -0.25) is 4.79 Å². The molecule has 1 amide bonds. The third kappa shape index (κ3) is 2.30. The van der Waals surface area contributed by atoms with E-state index in [1.165, 1.54) is 0 Å². The van der Waals surface area contributed by atoms with Crippen molar-refractivity contribution in [2.75, 3.05) is 13.1 Å². The van der Waals surface area contributed by atoms with E-state index in [0.717, 1.165) is 4.90 Å². The summed E-state index contributed by atoms with van der Waals surface area (Å²) < 4.78 is 0. The Morgan fingerprint density at radius 3 is 2.20 bits per heavy atom. The Morgan fingerprint density at radius 1 is 1.27 bits per heavy atom. The second kappa shape index (κ2) is 4.35. The van der Waals surface area contributed by atoms with Gasteiger partial charge in [0, 0.05) is 19.0 Å². The van der Waals surface area contributed by atoms with Gasteiger partial charge in [-0.1, -0.05) is 16.8 Å². The number of oxime groups is 1. The lowest BCUT2D eigenvalue weighted by atomic mass is 9.97. The highest BCUT2D eigenvalue weighted by molar-refractivity contribution is 6.66. The number of hydrogen-bond acceptors (Lipinski definition) is 4. The van der Waals surface area contributed by atoms with E-state index in [4.69, 9.17) is 27.0 Å². The molecule has 2 atom stereocenters. The number of aliphatic carboxylic acids is 1. The van der Waals surface area contributed by atoms with Crippen LogP contribution < -0.4 is 0 Å². The van der Waals surface area contributed by atoms with Crippen LogP contribution in [-0.4, -0.2) is 50.6 Å². The monoisotopic (exact) mass is 236 g/mol. The molecule has 1 heterocycles. The summed E-state index contributed by atoms with van der Waals surface area (Å²) in [5.41, 5.74) is 0. The van der Waals surface area contributed by atoms with Gasteiger partial charge in [-0.15, -0.1) is 0 Å². The minimum Gasteiger partial charge on any atom is -0.481 e. The molecule has 0 bridgehead atoms. The molecule has 7 nitrogen and oxygen atoms in total. The number of hydrogen-bond donors (Lipinski definition) is 3. The fourth-order valence-corrected chi connectivity index (χ4v) is 1.75. The third-order valence-corrected chi connectivity index (χ3v) is 2.66. The molecule has 0 radical (unpaired) electrons. The van der Waals surface area contributed by atoms with Gasteiger partial charge < -0.3 is 20.3 Å². The first-order chi connectivity index (χ1) is 6.97. The van der Waals surface area contributed by atoms with E-state index in [1.807, 2.05) is 0 Å². The molecular weight excluding hydrogens is 228 g/mol. The number of likely N-dealkylation sites (tertiary alicyclic amines) is 1. The van der Waals surface area contributed by atoms with Crippen LogP contribution in [0.4, 0.5) is 4.79 Å². The molecule has 0 aliphatic carbocycles. The zero-order valence-electron chi connectivity index (χ0n) is 7.50. The molecule has 84 valence electrons. The molecule has 1 aliphatic heterocycles. The molecule has 1 rings (SSSR count). The minimum absolute atomic E-state index is 0.0742. The van der Waals surface area contributed by atoms with Gasteiger partial charge in [0.2, 0.25) is 0 Å². The molecule has 1 saturated heterocycles. The van der Waals surface area contributed by atoms with Crippen molar-refractivity contribution in [3.8, 4) is 0 Å². The predicted molar refractivity (Wildman–Crippen MR) is 49.3 cm³/mol. The minimum atomic E-state index is -1.22. The Hall–Kier alpha value is -1.50. The highest BCUT2D eigenvalue weighted by atomic mass is 35.5. The Bertz CT molecular complexity index is 319.